The molecule has 5 rings (SSSR count). The molecule has 3 amide bonds. The van der Waals surface area contributed by atoms with Gasteiger partial charge in [0, 0.05) is 18.9 Å². The number of rotatable bonds is 10. The van der Waals surface area contributed by atoms with E-state index >= 15 is 0 Å². The van der Waals surface area contributed by atoms with Crippen LogP contribution in [0.1, 0.15) is 68.4 Å². The lowest BCUT2D eigenvalue weighted by molar-refractivity contribution is -0.149. The Bertz CT molecular complexity index is 1390. The molecular formula is C36H45N3O8. The van der Waals surface area contributed by atoms with Crippen molar-refractivity contribution in [2.75, 3.05) is 39.6 Å². The second kappa shape index (κ2) is 16.6. The minimum Gasteiger partial charge on any atom is -0.462 e. The number of carbonyl (C=O) groups is 4. The van der Waals surface area contributed by atoms with Crippen LogP contribution in [0, 0.1) is 5.92 Å². The molecule has 0 saturated heterocycles. The van der Waals surface area contributed by atoms with Crippen LogP contribution in [0.15, 0.2) is 60.7 Å². The molecule has 1 aliphatic heterocycles. The molecule has 0 aromatic heterocycles. The summed E-state index contributed by atoms with van der Waals surface area (Å²) >= 11 is 0. The predicted octanol–water partition coefficient (Wildman–Crippen LogP) is 3.74. The Balaban J connectivity index is 1.21. The molecule has 2 aromatic rings. The van der Waals surface area contributed by atoms with Gasteiger partial charge in [0.25, 0.3) is 0 Å². The number of hydrogen-bond acceptors (Lipinski definition) is 8. The molecule has 47 heavy (non-hydrogen) atoms. The first-order valence-corrected chi connectivity index (χ1v) is 16.6. The van der Waals surface area contributed by atoms with E-state index in [9.17, 15) is 19.2 Å². The highest BCUT2D eigenvalue weighted by molar-refractivity contribution is 5.86. The Morgan fingerprint density at radius 2 is 1.68 bits per heavy atom. The van der Waals surface area contributed by atoms with Crippen LogP contribution in [0.4, 0.5) is 4.79 Å². The zero-order valence-electron chi connectivity index (χ0n) is 26.7. The number of aliphatic hydroxyl groups is 1. The minimum atomic E-state index is -0.931. The average Bonchev–Trinajstić information content (AvgIpc) is 3.67. The Morgan fingerprint density at radius 3 is 2.38 bits per heavy atom. The molecule has 2 aliphatic carbocycles. The van der Waals surface area contributed by atoms with Crippen molar-refractivity contribution in [3.63, 3.8) is 0 Å². The van der Waals surface area contributed by atoms with Gasteiger partial charge in [0.1, 0.15) is 19.3 Å². The molecule has 1 spiro atoms. The van der Waals surface area contributed by atoms with Gasteiger partial charge in [-0.3, -0.25) is 9.59 Å². The lowest BCUT2D eigenvalue weighted by Gasteiger charge is -2.32. The lowest BCUT2D eigenvalue weighted by Crippen LogP contribution is -2.53. The van der Waals surface area contributed by atoms with Crippen molar-refractivity contribution in [1.82, 2.24) is 16.0 Å². The van der Waals surface area contributed by atoms with E-state index in [-0.39, 0.29) is 70.2 Å². The first-order chi connectivity index (χ1) is 22.9. The van der Waals surface area contributed by atoms with Crippen LogP contribution in [-0.2, 0) is 28.6 Å². The smallest absolute Gasteiger partial charge is 0.407 e. The summed E-state index contributed by atoms with van der Waals surface area (Å²) in [5.41, 5.74) is 3.72. The number of carbonyl (C=O) groups excluding carboxylic acids is 4. The third-order valence-corrected chi connectivity index (χ3v) is 9.18. The number of aliphatic hydroxyl groups excluding tert-OH is 1. The van der Waals surface area contributed by atoms with Gasteiger partial charge in [0.15, 0.2) is 0 Å². The molecule has 4 N–H and O–H groups in total. The number of allylic oxidation sites excluding steroid dienone is 2. The van der Waals surface area contributed by atoms with E-state index in [2.05, 4.69) is 28.1 Å². The van der Waals surface area contributed by atoms with E-state index in [1.807, 2.05) is 48.6 Å². The fraction of sp³-hybridized carbons (Fsp3) is 0.500. The lowest BCUT2D eigenvalue weighted by atomic mass is 9.94. The summed E-state index contributed by atoms with van der Waals surface area (Å²) in [4.78, 5) is 52.5. The van der Waals surface area contributed by atoms with Crippen molar-refractivity contribution in [3.05, 3.63) is 71.8 Å². The normalized spacial score (nSPS) is 21.0. The van der Waals surface area contributed by atoms with Crippen molar-refractivity contribution in [2.45, 2.75) is 68.9 Å². The van der Waals surface area contributed by atoms with Gasteiger partial charge in [-0.05, 0) is 54.4 Å². The number of hydrogen-bond donors (Lipinski definition) is 4. The molecule has 2 atom stereocenters. The molecule has 1 saturated carbocycles. The van der Waals surface area contributed by atoms with E-state index in [0.717, 1.165) is 35.1 Å². The topological polar surface area (TPSA) is 152 Å². The monoisotopic (exact) mass is 647 g/mol. The quantitative estimate of drug-likeness (QED) is 0.173. The molecule has 252 valence electrons. The second-order valence-corrected chi connectivity index (χ2v) is 12.5. The standard InChI is InChI=1S/C36H45N3O8/c40-19-21-45-20-18-37-32(41)22-25-10-2-1-3-15-31(34(43)47-24-36(39-33(25)42)16-8-9-17-36)38-35(44)46-23-30-28-13-6-4-11-26(28)27-12-5-7-14-29(27)30/h1-2,4-7,11-14,25,30-31,40H,3,8-10,15-24H2,(H,37,41)(H,38,44)(H,39,42). The summed E-state index contributed by atoms with van der Waals surface area (Å²) in [5, 5.41) is 17.4. The minimum absolute atomic E-state index is 0.00198. The fourth-order valence-corrected chi connectivity index (χ4v) is 6.71. The highest BCUT2D eigenvalue weighted by atomic mass is 16.6. The molecule has 1 heterocycles. The van der Waals surface area contributed by atoms with Gasteiger partial charge < -0.3 is 35.3 Å². The highest BCUT2D eigenvalue weighted by Gasteiger charge is 2.39. The summed E-state index contributed by atoms with van der Waals surface area (Å²) in [7, 11) is 0. The van der Waals surface area contributed by atoms with Crippen molar-refractivity contribution in [3.8, 4) is 11.1 Å². The van der Waals surface area contributed by atoms with E-state index in [4.69, 9.17) is 19.3 Å². The molecule has 3 aliphatic rings. The number of fused-ring (bicyclic) bond motifs is 3. The van der Waals surface area contributed by atoms with Gasteiger partial charge in [-0.25, -0.2) is 9.59 Å². The maximum absolute atomic E-state index is 13.5. The van der Waals surface area contributed by atoms with E-state index < -0.39 is 29.6 Å². The zero-order chi connectivity index (χ0) is 33.1. The predicted molar refractivity (Wildman–Crippen MR) is 174 cm³/mol. The largest absolute Gasteiger partial charge is 0.462 e. The van der Waals surface area contributed by atoms with Gasteiger partial charge >= 0.3 is 12.1 Å². The van der Waals surface area contributed by atoms with E-state index in [1.165, 1.54) is 0 Å². The highest BCUT2D eigenvalue weighted by Crippen LogP contribution is 2.44. The zero-order valence-corrected chi connectivity index (χ0v) is 26.7. The van der Waals surface area contributed by atoms with E-state index in [0.29, 0.717) is 25.7 Å². The first-order valence-electron chi connectivity index (χ1n) is 16.6. The molecule has 0 bridgehead atoms. The van der Waals surface area contributed by atoms with Gasteiger partial charge in [-0.2, -0.15) is 0 Å². The van der Waals surface area contributed by atoms with Crippen LogP contribution in [0.2, 0.25) is 0 Å². The van der Waals surface area contributed by atoms with Crippen molar-refractivity contribution < 1.29 is 38.5 Å². The molecular weight excluding hydrogens is 602 g/mol. The Hall–Kier alpha value is -4.22. The summed E-state index contributed by atoms with van der Waals surface area (Å²) in [6.45, 7) is 0.756. The third kappa shape index (κ3) is 8.99. The number of cyclic esters (lactones) is 1. The van der Waals surface area contributed by atoms with Crippen LogP contribution in [0.3, 0.4) is 0 Å². The molecule has 0 radical (unpaired) electrons. The van der Waals surface area contributed by atoms with Crippen LogP contribution in [0.5, 0.6) is 0 Å². The molecule has 11 nitrogen and oxygen atoms in total. The van der Waals surface area contributed by atoms with Gasteiger partial charge in [0.05, 0.1) is 31.3 Å². The number of ether oxygens (including phenoxy) is 3. The SMILES string of the molecule is O=C(CC1CC=CCCC(NC(=O)OCC2c3ccccc3-c3ccccc32)C(=O)OCC2(CCCC2)NC1=O)NCCOCCO. The number of esters is 1. The van der Waals surface area contributed by atoms with Crippen LogP contribution in [-0.4, -0.2) is 80.1 Å². The summed E-state index contributed by atoms with van der Waals surface area (Å²) < 4.78 is 16.7. The Kier molecular flexibility index (Phi) is 12.0. The van der Waals surface area contributed by atoms with Crippen LogP contribution in [0.25, 0.3) is 11.1 Å². The molecule has 2 aromatic carbocycles. The summed E-state index contributed by atoms with van der Waals surface area (Å²) in [6.07, 6.45) is 7.11. The summed E-state index contributed by atoms with van der Waals surface area (Å²) in [6, 6.07) is 15.2. The van der Waals surface area contributed by atoms with Gasteiger partial charge in [-0.15, -0.1) is 0 Å². The van der Waals surface area contributed by atoms with Crippen molar-refractivity contribution >= 4 is 23.9 Å². The molecule has 11 heteroatoms. The van der Waals surface area contributed by atoms with Crippen molar-refractivity contribution in [2.24, 2.45) is 5.92 Å². The Labute approximate surface area is 275 Å². The first kappa shape index (κ1) is 34.1. The molecule has 2 unspecified atom stereocenters. The van der Waals surface area contributed by atoms with Crippen LogP contribution < -0.4 is 16.0 Å². The second-order valence-electron chi connectivity index (χ2n) is 12.5. The van der Waals surface area contributed by atoms with Crippen molar-refractivity contribution in [1.29, 1.82) is 0 Å². The maximum atomic E-state index is 13.5. The van der Waals surface area contributed by atoms with Gasteiger partial charge in [-0.1, -0.05) is 73.5 Å². The summed E-state index contributed by atoms with van der Waals surface area (Å²) in [5.74, 6) is -1.82. The maximum Gasteiger partial charge on any atom is 0.407 e. The number of nitrogens with one attached hydrogen (secondary N) is 3. The fourth-order valence-electron chi connectivity index (χ4n) is 6.71. The van der Waals surface area contributed by atoms with Crippen LogP contribution >= 0.6 is 0 Å². The van der Waals surface area contributed by atoms with E-state index in [1.54, 1.807) is 0 Å². The molecule has 1 fully saturated rings. The number of benzene rings is 2. The Morgan fingerprint density at radius 1 is 0.979 bits per heavy atom. The van der Waals surface area contributed by atoms with Gasteiger partial charge in [0.2, 0.25) is 11.8 Å². The average molecular weight is 648 g/mol. The third-order valence-electron chi connectivity index (χ3n) is 9.18. The number of alkyl carbamates (subject to hydrolysis) is 1. The number of amides is 3.